The van der Waals surface area contributed by atoms with Gasteiger partial charge in [0.25, 0.3) is 0 Å². The molecule has 1 aromatic carbocycles. The highest BCUT2D eigenvalue weighted by atomic mass is 31.2. The smallest absolute Gasteiger partial charge is 0.471 e. The topological polar surface area (TPSA) is 163 Å². The number of likely N-dealkylation sites (N-methyl/N-ethyl adjacent to an activating group) is 1. The molecule has 0 spiro atoms. The molecule has 0 radical (unpaired) electrons. The van der Waals surface area contributed by atoms with Gasteiger partial charge in [-0.25, -0.2) is 14.5 Å². The molecule has 1 atom stereocenters. The Kier molecular flexibility index (Phi) is 8.98. The third-order valence-corrected chi connectivity index (χ3v) is 6.60. The normalized spacial score (nSPS) is 12.5. The highest BCUT2D eigenvalue weighted by molar-refractivity contribution is 7.46. The van der Waals surface area contributed by atoms with Gasteiger partial charge in [0.2, 0.25) is 5.91 Å². The molecule has 0 aliphatic rings. The molecule has 0 bridgehead atoms. The van der Waals surface area contributed by atoms with Crippen molar-refractivity contribution in [2.75, 3.05) is 33.1 Å². The number of pyridine rings is 2. The number of nitriles is 1. The van der Waals surface area contributed by atoms with Crippen LogP contribution in [0.5, 0.6) is 5.75 Å². The number of carbonyl (C=O) groups excluding carboxylic acids is 1. The van der Waals surface area contributed by atoms with E-state index < -0.39 is 14.1 Å². The van der Waals surface area contributed by atoms with Crippen molar-refractivity contribution in [1.82, 2.24) is 19.4 Å². The van der Waals surface area contributed by atoms with Gasteiger partial charge in [0, 0.05) is 59.5 Å². The van der Waals surface area contributed by atoms with Gasteiger partial charge in [-0.15, -0.1) is 0 Å². The number of phosphoric ester groups is 1. The second kappa shape index (κ2) is 12.4. The maximum Gasteiger partial charge on any atom is 0.471 e. The SMILES string of the molecule is COc1cc(NC(=O)C=CCN(C)C)cc(-c2cnc3c(c2)c(-c2ccnc(C#N)c2)cn3C(C)OP(=O)(O)O)c1. The summed E-state index contributed by atoms with van der Waals surface area (Å²) >= 11 is 0. The van der Waals surface area contributed by atoms with Crippen LogP contribution >= 0.6 is 7.82 Å². The van der Waals surface area contributed by atoms with Crippen LogP contribution in [-0.2, 0) is 13.9 Å². The van der Waals surface area contributed by atoms with Crippen LogP contribution in [-0.4, -0.2) is 62.9 Å². The number of nitrogens with one attached hydrogen (secondary N) is 1. The molecule has 0 saturated heterocycles. The first-order valence-electron chi connectivity index (χ1n) is 12.4. The first kappa shape index (κ1) is 29.6. The number of methoxy groups -OCH3 is 1. The average molecular weight is 577 g/mol. The van der Waals surface area contributed by atoms with Crippen LogP contribution in [0, 0.1) is 11.3 Å². The summed E-state index contributed by atoms with van der Waals surface area (Å²) in [6.45, 7) is 2.12. The molecular formula is C28H29N6O6P. The molecule has 12 nitrogen and oxygen atoms in total. The molecule has 3 heterocycles. The summed E-state index contributed by atoms with van der Waals surface area (Å²) in [4.78, 5) is 41.8. The van der Waals surface area contributed by atoms with Gasteiger partial charge >= 0.3 is 7.82 Å². The fourth-order valence-electron chi connectivity index (χ4n) is 4.22. The molecule has 212 valence electrons. The number of aromatic nitrogens is 3. The average Bonchev–Trinajstić information content (AvgIpc) is 3.31. The molecule has 4 aromatic rings. The van der Waals surface area contributed by atoms with E-state index >= 15 is 0 Å². The highest BCUT2D eigenvalue weighted by Gasteiger charge is 2.23. The Hall–Kier alpha value is -4.37. The molecule has 0 aliphatic heterocycles. The van der Waals surface area contributed by atoms with Gasteiger partial charge in [-0.3, -0.25) is 9.32 Å². The van der Waals surface area contributed by atoms with E-state index in [4.69, 9.17) is 9.26 Å². The fraction of sp³-hybridized carbons (Fsp3) is 0.214. The lowest BCUT2D eigenvalue weighted by atomic mass is 10.0. The zero-order valence-electron chi connectivity index (χ0n) is 22.8. The second-order valence-electron chi connectivity index (χ2n) is 9.39. The van der Waals surface area contributed by atoms with E-state index in [1.807, 2.05) is 31.1 Å². The predicted molar refractivity (Wildman–Crippen MR) is 154 cm³/mol. The Balaban J connectivity index is 1.81. The minimum atomic E-state index is -4.79. The van der Waals surface area contributed by atoms with Crippen molar-refractivity contribution in [3.05, 3.63) is 72.8 Å². The Morgan fingerprint density at radius 3 is 2.66 bits per heavy atom. The van der Waals surface area contributed by atoms with Crippen LogP contribution in [0.15, 0.2) is 67.1 Å². The number of amides is 1. The number of rotatable bonds is 10. The predicted octanol–water partition coefficient (Wildman–Crippen LogP) is 4.33. The third kappa shape index (κ3) is 7.43. The van der Waals surface area contributed by atoms with E-state index in [2.05, 4.69) is 15.3 Å². The monoisotopic (exact) mass is 576 g/mol. The number of nitrogens with zero attached hydrogens (tertiary/aromatic N) is 5. The first-order chi connectivity index (χ1) is 19.5. The standard InChI is InChI=1S/C28H29N6O6P/c1-18(40-41(36,37)38)34-17-26(19-7-8-30-23(10-19)15-29)25-13-21(16-31-28(25)34)20-11-22(14-24(12-20)39-4)32-27(35)6-5-9-33(2)3/h5-8,10-14,16-18H,9H2,1-4H3,(H,32,35)(H2,36,37,38). The maximum absolute atomic E-state index is 12.5. The maximum atomic E-state index is 12.5. The third-order valence-electron chi connectivity index (χ3n) is 6.02. The van der Waals surface area contributed by atoms with Crippen LogP contribution in [0.25, 0.3) is 33.3 Å². The second-order valence-corrected chi connectivity index (χ2v) is 10.6. The minimum absolute atomic E-state index is 0.208. The number of phosphoric acid groups is 1. The molecule has 0 fully saturated rings. The number of fused-ring (bicyclic) bond motifs is 1. The molecule has 4 rings (SSSR count). The van der Waals surface area contributed by atoms with Gasteiger partial charge in [0.1, 0.15) is 29.4 Å². The van der Waals surface area contributed by atoms with Crippen LogP contribution in [0.3, 0.4) is 0 Å². The quantitative estimate of drug-likeness (QED) is 0.183. The van der Waals surface area contributed by atoms with Crippen LogP contribution in [0.4, 0.5) is 5.69 Å². The number of hydrogen-bond acceptors (Lipinski definition) is 8. The zero-order chi connectivity index (χ0) is 29.7. The van der Waals surface area contributed by atoms with E-state index in [1.54, 1.807) is 48.8 Å². The van der Waals surface area contributed by atoms with E-state index in [9.17, 15) is 24.4 Å². The van der Waals surface area contributed by atoms with E-state index in [0.717, 1.165) is 0 Å². The van der Waals surface area contributed by atoms with Crippen molar-refractivity contribution in [3.63, 3.8) is 0 Å². The zero-order valence-corrected chi connectivity index (χ0v) is 23.7. The summed E-state index contributed by atoms with van der Waals surface area (Å²) in [6, 6.07) is 12.5. The highest BCUT2D eigenvalue weighted by Crippen LogP contribution is 2.43. The molecule has 0 aliphatic carbocycles. The Labute approximate surface area is 236 Å². The summed E-state index contributed by atoms with van der Waals surface area (Å²) in [5.41, 5.74) is 3.84. The van der Waals surface area contributed by atoms with Gasteiger partial charge in [0.05, 0.1) is 7.11 Å². The molecule has 41 heavy (non-hydrogen) atoms. The molecule has 3 N–H and O–H groups in total. The summed E-state index contributed by atoms with van der Waals surface area (Å²) < 4.78 is 23.5. The summed E-state index contributed by atoms with van der Waals surface area (Å²) in [6.07, 6.45) is 6.95. The molecule has 3 aromatic heterocycles. The minimum Gasteiger partial charge on any atom is -0.497 e. The number of benzene rings is 1. The lowest BCUT2D eigenvalue weighted by Gasteiger charge is -2.16. The van der Waals surface area contributed by atoms with Crippen molar-refractivity contribution in [2.24, 2.45) is 0 Å². The van der Waals surface area contributed by atoms with Crippen molar-refractivity contribution in [3.8, 4) is 34.1 Å². The number of ether oxygens (including phenoxy) is 1. The lowest BCUT2D eigenvalue weighted by molar-refractivity contribution is -0.111. The van der Waals surface area contributed by atoms with Gasteiger partial charge in [0.15, 0.2) is 0 Å². The largest absolute Gasteiger partial charge is 0.497 e. The van der Waals surface area contributed by atoms with Crippen molar-refractivity contribution in [1.29, 1.82) is 5.26 Å². The molecule has 1 unspecified atom stereocenters. The molecular weight excluding hydrogens is 547 g/mol. The van der Waals surface area contributed by atoms with Crippen LogP contribution in [0.2, 0.25) is 0 Å². The lowest BCUT2D eigenvalue weighted by Crippen LogP contribution is -2.13. The Morgan fingerprint density at radius 2 is 1.98 bits per heavy atom. The Morgan fingerprint density at radius 1 is 1.20 bits per heavy atom. The first-order valence-corrected chi connectivity index (χ1v) is 13.9. The van der Waals surface area contributed by atoms with E-state index in [1.165, 1.54) is 30.9 Å². The van der Waals surface area contributed by atoms with Crippen LogP contribution in [0.1, 0.15) is 18.8 Å². The van der Waals surface area contributed by atoms with Gasteiger partial charge in [-0.2, -0.15) is 5.26 Å². The number of carbonyl (C=O) groups is 1. The van der Waals surface area contributed by atoms with Crippen molar-refractivity contribution >= 4 is 30.5 Å². The number of anilines is 1. The fourth-order valence-corrected chi connectivity index (χ4v) is 4.71. The van der Waals surface area contributed by atoms with Crippen molar-refractivity contribution in [2.45, 2.75) is 13.2 Å². The van der Waals surface area contributed by atoms with Gasteiger partial charge in [-0.1, -0.05) is 6.08 Å². The van der Waals surface area contributed by atoms with Crippen LogP contribution < -0.4 is 10.1 Å². The van der Waals surface area contributed by atoms with E-state index in [0.29, 0.717) is 51.3 Å². The van der Waals surface area contributed by atoms with Crippen molar-refractivity contribution < 1.29 is 28.4 Å². The molecule has 1 amide bonds. The molecule has 0 saturated carbocycles. The summed E-state index contributed by atoms with van der Waals surface area (Å²) in [5.74, 6) is 0.230. The van der Waals surface area contributed by atoms with Gasteiger partial charge in [-0.05, 0) is 62.5 Å². The molecule has 13 heteroatoms. The summed E-state index contributed by atoms with van der Waals surface area (Å²) in [5, 5.41) is 12.9. The van der Waals surface area contributed by atoms with Gasteiger partial charge < -0.3 is 29.3 Å². The summed E-state index contributed by atoms with van der Waals surface area (Å²) in [7, 11) is 0.546. The van der Waals surface area contributed by atoms with E-state index in [-0.39, 0.29) is 11.6 Å². The Bertz CT molecular complexity index is 1700. The number of hydrogen-bond donors (Lipinski definition) is 3.